The lowest BCUT2D eigenvalue weighted by atomic mass is 10.1. The van der Waals surface area contributed by atoms with E-state index in [1.807, 2.05) is 19.1 Å². The molecule has 26 heavy (non-hydrogen) atoms. The molecule has 1 aromatic carbocycles. The van der Waals surface area contributed by atoms with Gasteiger partial charge in [-0.3, -0.25) is 4.99 Å². The van der Waals surface area contributed by atoms with Gasteiger partial charge in [0.2, 0.25) is 0 Å². The van der Waals surface area contributed by atoms with Gasteiger partial charge in [-0.1, -0.05) is 12.1 Å². The molecule has 2 N–H and O–H groups in total. The number of thiazole rings is 1. The summed E-state index contributed by atoms with van der Waals surface area (Å²) in [6, 6.07) is 7.43. The Labute approximate surface area is 175 Å². The zero-order chi connectivity index (χ0) is 18.2. The predicted molar refractivity (Wildman–Crippen MR) is 117 cm³/mol. The molecule has 0 spiro atoms. The molecule has 1 heterocycles. The highest BCUT2D eigenvalue weighted by molar-refractivity contribution is 14.0. The van der Waals surface area contributed by atoms with Crippen LogP contribution in [0.3, 0.4) is 0 Å². The van der Waals surface area contributed by atoms with Crippen LogP contribution in [0.2, 0.25) is 0 Å². The van der Waals surface area contributed by atoms with E-state index in [0.717, 1.165) is 35.2 Å². The topological polar surface area (TPSA) is 75.6 Å². The standard InChI is InChI=1S/C18H24N4O2S.HI/c1-12-13(2)25-16(22-12)11-21-18(19-3)20-10-9-14-5-7-15(8-6-14)17(23)24-4;/h5-8H,9-11H2,1-4H3,(H2,19,20,21);1H. The summed E-state index contributed by atoms with van der Waals surface area (Å²) in [7, 11) is 3.13. The second kappa shape index (κ2) is 11.1. The van der Waals surface area contributed by atoms with Crippen molar-refractivity contribution in [2.24, 2.45) is 4.99 Å². The maximum atomic E-state index is 11.4. The molecule has 2 rings (SSSR count). The summed E-state index contributed by atoms with van der Waals surface area (Å²) in [5.41, 5.74) is 2.78. The number of halogens is 1. The number of benzene rings is 1. The number of guanidine groups is 1. The minimum Gasteiger partial charge on any atom is -0.465 e. The second-order valence-electron chi connectivity index (χ2n) is 5.54. The Bertz CT molecular complexity index is 725. The normalized spacial score (nSPS) is 10.8. The van der Waals surface area contributed by atoms with E-state index in [2.05, 4.69) is 27.5 Å². The predicted octanol–water partition coefficient (Wildman–Crippen LogP) is 3.07. The van der Waals surface area contributed by atoms with E-state index in [1.54, 1.807) is 30.5 Å². The zero-order valence-corrected chi connectivity index (χ0v) is 18.6. The van der Waals surface area contributed by atoms with Crippen molar-refractivity contribution in [1.82, 2.24) is 15.6 Å². The van der Waals surface area contributed by atoms with Crippen LogP contribution in [0.15, 0.2) is 29.3 Å². The highest BCUT2D eigenvalue weighted by Crippen LogP contribution is 2.15. The van der Waals surface area contributed by atoms with Crippen molar-refractivity contribution >= 4 is 47.2 Å². The number of hydrogen-bond donors (Lipinski definition) is 2. The van der Waals surface area contributed by atoms with Crippen LogP contribution in [0.4, 0.5) is 0 Å². The number of rotatable bonds is 6. The molecule has 0 aliphatic carbocycles. The lowest BCUT2D eigenvalue weighted by Gasteiger charge is -2.11. The number of aromatic nitrogens is 1. The Kier molecular flexibility index (Phi) is 9.57. The Balaban J connectivity index is 0.00000338. The molecule has 6 nitrogen and oxygen atoms in total. The average molecular weight is 488 g/mol. The van der Waals surface area contributed by atoms with Crippen LogP contribution < -0.4 is 10.6 Å². The number of carbonyl (C=O) groups excluding carboxylic acids is 1. The Morgan fingerprint density at radius 2 is 1.92 bits per heavy atom. The number of ether oxygens (including phenoxy) is 1. The minimum atomic E-state index is -0.318. The molecule has 0 aliphatic heterocycles. The molecule has 1 aromatic heterocycles. The van der Waals surface area contributed by atoms with Gasteiger partial charge in [-0.15, -0.1) is 35.3 Å². The van der Waals surface area contributed by atoms with Crippen LogP contribution in [0.1, 0.15) is 31.5 Å². The summed E-state index contributed by atoms with van der Waals surface area (Å²) in [5.74, 6) is 0.429. The van der Waals surface area contributed by atoms with E-state index in [4.69, 9.17) is 4.74 Å². The lowest BCUT2D eigenvalue weighted by molar-refractivity contribution is 0.0600. The summed E-state index contributed by atoms with van der Waals surface area (Å²) in [5, 5.41) is 7.60. The number of esters is 1. The number of carbonyl (C=O) groups is 1. The van der Waals surface area contributed by atoms with Crippen LogP contribution in [-0.2, 0) is 17.7 Å². The van der Waals surface area contributed by atoms with Gasteiger partial charge in [-0.25, -0.2) is 9.78 Å². The summed E-state index contributed by atoms with van der Waals surface area (Å²) in [6.45, 7) is 5.50. The monoisotopic (exact) mass is 488 g/mol. The van der Waals surface area contributed by atoms with E-state index < -0.39 is 0 Å². The molecular formula is C18H25IN4O2S. The third kappa shape index (κ3) is 6.56. The number of aliphatic imine (C=N–C) groups is 1. The number of hydrogen-bond acceptors (Lipinski definition) is 5. The fraction of sp³-hybridized carbons (Fsp3) is 0.389. The van der Waals surface area contributed by atoms with Crippen LogP contribution in [-0.4, -0.2) is 37.6 Å². The van der Waals surface area contributed by atoms with E-state index in [1.165, 1.54) is 12.0 Å². The Morgan fingerprint density at radius 3 is 2.46 bits per heavy atom. The fourth-order valence-electron chi connectivity index (χ4n) is 2.25. The smallest absolute Gasteiger partial charge is 0.337 e. The maximum absolute atomic E-state index is 11.4. The average Bonchev–Trinajstić information content (AvgIpc) is 2.95. The molecule has 0 unspecified atom stereocenters. The number of nitrogens with zero attached hydrogens (tertiary/aromatic N) is 2. The third-order valence-corrected chi connectivity index (χ3v) is 4.86. The van der Waals surface area contributed by atoms with Gasteiger partial charge < -0.3 is 15.4 Å². The fourth-order valence-corrected chi connectivity index (χ4v) is 3.12. The summed E-state index contributed by atoms with van der Waals surface area (Å²) in [4.78, 5) is 21.4. The van der Waals surface area contributed by atoms with E-state index >= 15 is 0 Å². The van der Waals surface area contributed by atoms with Gasteiger partial charge in [0.05, 0.1) is 24.9 Å². The number of aryl methyl sites for hydroxylation is 2. The van der Waals surface area contributed by atoms with Gasteiger partial charge in [-0.05, 0) is 38.0 Å². The second-order valence-corrected chi connectivity index (χ2v) is 6.83. The first-order chi connectivity index (χ1) is 12.0. The first-order valence-corrected chi connectivity index (χ1v) is 8.89. The van der Waals surface area contributed by atoms with Gasteiger partial charge in [0.25, 0.3) is 0 Å². The van der Waals surface area contributed by atoms with Crippen molar-refractivity contribution in [2.75, 3.05) is 20.7 Å². The molecular weight excluding hydrogens is 463 g/mol. The van der Waals surface area contributed by atoms with Crippen molar-refractivity contribution in [1.29, 1.82) is 0 Å². The SMILES string of the molecule is CN=C(NCCc1ccc(C(=O)OC)cc1)NCc1nc(C)c(C)s1.I. The number of methoxy groups -OCH3 is 1. The highest BCUT2D eigenvalue weighted by Gasteiger charge is 2.06. The molecule has 2 aromatic rings. The number of nitrogens with one attached hydrogen (secondary N) is 2. The van der Waals surface area contributed by atoms with Gasteiger partial charge in [0, 0.05) is 18.5 Å². The zero-order valence-electron chi connectivity index (χ0n) is 15.5. The maximum Gasteiger partial charge on any atom is 0.337 e. The van der Waals surface area contributed by atoms with Gasteiger partial charge >= 0.3 is 5.97 Å². The van der Waals surface area contributed by atoms with Crippen LogP contribution in [0.25, 0.3) is 0 Å². The molecule has 0 bridgehead atoms. The summed E-state index contributed by atoms with van der Waals surface area (Å²) < 4.78 is 4.70. The molecule has 142 valence electrons. The molecule has 0 saturated heterocycles. The minimum absolute atomic E-state index is 0. The molecule has 0 atom stereocenters. The van der Waals surface area contributed by atoms with Crippen molar-refractivity contribution in [3.8, 4) is 0 Å². The summed E-state index contributed by atoms with van der Waals surface area (Å²) >= 11 is 1.70. The van der Waals surface area contributed by atoms with E-state index in [-0.39, 0.29) is 29.9 Å². The first-order valence-electron chi connectivity index (χ1n) is 8.08. The van der Waals surface area contributed by atoms with Crippen molar-refractivity contribution in [3.63, 3.8) is 0 Å². The molecule has 0 aliphatic rings. The molecule has 0 radical (unpaired) electrons. The molecule has 0 amide bonds. The molecule has 0 fully saturated rings. The first kappa shape index (κ1) is 22.4. The summed E-state index contributed by atoms with van der Waals surface area (Å²) in [6.07, 6.45) is 0.831. The van der Waals surface area contributed by atoms with Crippen molar-refractivity contribution in [3.05, 3.63) is 51.0 Å². The van der Waals surface area contributed by atoms with Gasteiger partial charge in [0.1, 0.15) is 5.01 Å². The van der Waals surface area contributed by atoms with Crippen LogP contribution in [0.5, 0.6) is 0 Å². The van der Waals surface area contributed by atoms with Crippen LogP contribution >= 0.6 is 35.3 Å². The quantitative estimate of drug-likeness (QED) is 0.283. The molecule has 0 saturated carbocycles. The lowest BCUT2D eigenvalue weighted by Crippen LogP contribution is -2.37. The highest BCUT2D eigenvalue weighted by atomic mass is 127. The van der Waals surface area contributed by atoms with Crippen LogP contribution in [0, 0.1) is 13.8 Å². The van der Waals surface area contributed by atoms with E-state index in [9.17, 15) is 4.79 Å². The molecule has 8 heteroatoms. The van der Waals surface area contributed by atoms with Crippen molar-refractivity contribution in [2.45, 2.75) is 26.8 Å². The van der Waals surface area contributed by atoms with E-state index in [0.29, 0.717) is 12.1 Å². The Hall–Kier alpha value is -1.68. The van der Waals surface area contributed by atoms with Gasteiger partial charge in [-0.2, -0.15) is 0 Å². The van der Waals surface area contributed by atoms with Gasteiger partial charge in [0.15, 0.2) is 5.96 Å². The largest absolute Gasteiger partial charge is 0.465 e. The third-order valence-electron chi connectivity index (χ3n) is 3.78. The van der Waals surface area contributed by atoms with Crippen molar-refractivity contribution < 1.29 is 9.53 Å². The Morgan fingerprint density at radius 1 is 1.23 bits per heavy atom.